The lowest BCUT2D eigenvalue weighted by atomic mass is 10.4. The molecule has 0 aliphatic heterocycles. The van der Waals surface area contributed by atoms with Gasteiger partial charge in [0.15, 0.2) is 34.8 Å². The Morgan fingerprint density at radius 2 is 0.975 bits per heavy atom. The van der Waals surface area contributed by atoms with Crippen LogP contribution in [0.3, 0.4) is 0 Å². The van der Waals surface area contributed by atoms with Crippen molar-refractivity contribution in [1.82, 2.24) is 31.7 Å². The molecule has 0 spiro atoms. The third-order valence-electron chi connectivity index (χ3n) is 5.03. The fourth-order valence-electron chi connectivity index (χ4n) is 3.25. The Morgan fingerprint density at radius 3 is 1.32 bits per heavy atom. The van der Waals surface area contributed by atoms with E-state index in [1.165, 1.54) is 0 Å². The van der Waals surface area contributed by atoms with Crippen LogP contribution in [0.25, 0.3) is 10.0 Å². The molecule has 0 bridgehead atoms. The molecule has 4 aromatic rings. The molecule has 0 atom stereocenters. The number of nitrogens with one attached hydrogen (secondary N) is 4. The van der Waals surface area contributed by atoms with Crippen LogP contribution < -0.4 is 55.7 Å². The van der Waals surface area contributed by atoms with Gasteiger partial charge in [0.05, 0.1) is 11.4 Å². The van der Waals surface area contributed by atoms with Crippen molar-refractivity contribution in [3.63, 3.8) is 0 Å². The molecule has 0 aliphatic rings. The van der Waals surface area contributed by atoms with Crippen LogP contribution in [0, 0.1) is 13.8 Å². The van der Waals surface area contributed by atoms with Crippen LogP contribution in [0.4, 0.5) is 0 Å². The summed E-state index contributed by atoms with van der Waals surface area (Å²) in [5.74, 6) is -1.80. The maximum absolute atomic E-state index is 12.6. The highest BCUT2D eigenvalue weighted by molar-refractivity contribution is 7.23. The van der Waals surface area contributed by atoms with Crippen molar-refractivity contribution in [2.45, 2.75) is 26.9 Å². The van der Waals surface area contributed by atoms with E-state index in [1.807, 2.05) is 12.1 Å². The summed E-state index contributed by atoms with van der Waals surface area (Å²) in [4.78, 5) is 59.0. The minimum Gasteiger partial charge on any atom is -1.00 e. The summed E-state index contributed by atoms with van der Waals surface area (Å²) in [6.07, 6.45) is 6.96. The van der Waals surface area contributed by atoms with Gasteiger partial charge in [-0.05, 0) is 13.8 Å². The van der Waals surface area contributed by atoms with E-state index >= 15 is 0 Å². The van der Waals surface area contributed by atoms with Gasteiger partial charge in [-0.3, -0.25) is 40.9 Å². The number of hydrogen-bond acceptors (Lipinski definition) is 8. The first-order chi connectivity index (χ1) is 18.3. The van der Waals surface area contributed by atoms with Gasteiger partial charge >= 0.3 is 11.8 Å². The largest absolute Gasteiger partial charge is 1.00 e. The summed E-state index contributed by atoms with van der Waals surface area (Å²) in [5, 5.41) is 0.908. The zero-order valence-corrected chi connectivity index (χ0v) is 24.3. The van der Waals surface area contributed by atoms with Gasteiger partial charge in [-0.2, -0.15) is 9.13 Å². The number of hydrazine groups is 2. The molecule has 16 heteroatoms. The first-order valence-electron chi connectivity index (χ1n) is 11.3. The van der Waals surface area contributed by atoms with Crippen LogP contribution in [0.15, 0.2) is 61.2 Å². The summed E-state index contributed by atoms with van der Waals surface area (Å²) in [5.41, 5.74) is 10.5. The second kappa shape index (κ2) is 15.0. The third kappa shape index (κ3) is 8.51. The van der Waals surface area contributed by atoms with Gasteiger partial charge in [0.25, 0.3) is 11.8 Å². The molecule has 0 fully saturated rings. The van der Waals surface area contributed by atoms with Gasteiger partial charge in [0, 0.05) is 24.3 Å². The second-order valence-corrected chi connectivity index (χ2v) is 9.97. The molecule has 0 saturated carbocycles. The summed E-state index contributed by atoms with van der Waals surface area (Å²) < 4.78 is 3.34. The SMILES string of the molecule is Cc1nc(-c2nc(C)c(C(=O)NNC(=O)C[n+]3ccccc3)s2)sc1C(=O)NNC(=O)C[n+]1ccccc1.[Cl-].[Cl-]. The number of carbonyl (C=O) groups excluding carboxylic acids is 4. The van der Waals surface area contributed by atoms with E-state index in [4.69, 9.17) is 0 Å². The molecule has 4 amide bonds. The molecule has 4 rings (SSSR count). The molecule has 0 radical (unpaired) electrons. The van der Waals surface area contributed by atoms with Gasteiger partial charge in [-0.25, -0.2) is 9.97 Å². The van der Waals surface area contributed by atoms with E-state index in [0.29, 0.717) is 31.2 Å². The van der Waals surface area contributed by atoms with Crippen LogP contribution in [-0.4, -0.2) is 33.6 Å². The molecule has 0 saturated heterocycles. The summed E-state index contributed by atoms with van der Waals surface area (Å²) >= 11 is 2.19. The lowest BCUT2D eigenvalue weighted by Crippen LogP contribution is -3.00. The van der Waals surface area contributed by atoms with Crippen molar-refractivity contribution in [2.75, 3.05) is 0 Å². The van der Waals surface area contributed by atoms with Crippen LogP contribution in [0.1, 0.15) is 30.7 Å². The topological polar surface area (TPSA) is 150 Å². The molecule has 4 heterocycles. The predicted octanol–water partition coefficient (Wildman–Crippen LogP) is -5.61. The first-order valence-corrected chi connectivity index (χ1v) is 12.9. The standard InChI is InChI=1S/C24H22N8O4S2.2ClH/c1-15-19(21(35)29-27-17(33)13-31-9-5-3-6-10-31)37-23(25-15)24-26-16(2)20(38-24)22(36)30-28-18(34)14-32-11-7-4-8-12-32;;/h3-12H,13-14H2,1-2H3,(H2-2,25,26,27,28,29,30,33,34,35,36);2*1H. The number of aromatic nitrogens is 4. The minimum atomic E-state index is -0.511. The van der Waals surface area contributed by atoms with Gasteiger partial charge in [0.2, 0.25) is 13.1 Å². The number of thiazole rings is 2. The fourth-order valence-corrected chi connectivity index (χ4v) is 5.20. The lowest BCUT2D eigenvalue weighted by Gasteiger charge is -2.04. The van der Waals surface area contributed by atoms with Gasteiger partial charge in [0.1, 0.15) is 9.75 Å². The number of halogens is 2. The molecular formula is C24H24Cl2N8O4S2. The normalized spacial score (nSPS) is 9.95. The van der Waals surface area contributed by atoms with Gasteiger partial charge in [-0.1, -0.05) is 12.1 Å². The Labute approximate surface area is 249 Å². The van der Waals surface area contributed by atoms with Crippen LogP contribution in [0.2, 0.25) is 0 Å². The first kappa shape index (κ1) is 32.2. The van der Waals surface area contributed by atoms with Crippen LogP contribution in [0.5, 0.6) is 0 Å². The molecule has 40 heavy (non-hydrogen) atoms. The molecule has 0 unspecified atom stereocenters. The highest BCUT2D eigenvalue weighted by Crippen LogP contribution is 2.32. The van der Waals surface area contributed by atoms with E-state index < -0.39 is 23.6 Å². The van der Waals surface area contributed by atoms with Crippen LogP contribution in [-0.2, 0) is 22.7 Å². The average molecular weight is 624 g/mol. The molecule has 0 aliphatic carbocycles. The molecular weight excluding hydrogens is 599 g/mol. The number of nitrogens with zero attached hydrogens (tertiary/aromatic N) is 4. The number of aryl methyl sites for hydroxylation is 2. The number of rotatable bonds is 7. The Balaban J connectivity index is 0.00000280. The zero-order chi connectivity index (χ0) is 27.1. The average Bonchev–Trinajstić information content (AvgIpc) is 3.49. The van der Waals surface area contributed by atoms with E-state index in [0.717, 1.165) is 22.7 Å². The molecule has 4 N–H and O–H groups in total. The van der Waals surface area contributed by atoms with Crippen molar-refractivity contribution in [2.24, 2.45) is 0 Å². The Kier molecular flexibility index (Phi) is 12.1. The smallest absolute Gasteiger partial charge is 0.304 e. The molecule has 12 nitrogen and oxygen atoms in total. The third-order valence-corrected chi connectivity index (χ3v) is 7.48. The van der Waals surface area contributed by atoms with Crippen molar-refractivity contribution in [1.29, 1.82) is 0 Å². The summed E-state index contributed by atoms with van der Waals surface area (Å²) in [7, 11) is 0. The van der Waals surface area contributed by atoms with Crippen LogP contribution >= 0.6 is 22.7 Å². The quantitative estimate of drug-likeness (QED) is 0.119. The highest BCUT2D eigenvalue weighted by atomic mass is 35.5. The minimum absolute atomic E-state index is 0. The van der Waals surface area contributed by atoms with Gasteiger partial charge < -0.3 is 24.8 Å². The summed E-state index contributed by atoms with van der Waals surface area (Å²) in [6, 6.07) is 10.9. The molecule has 0 aromatic carbocycles. The van der Waals surface area contributed by atoms with Crippen molar-refractivity contribution < 1.29 is 53.1 Å². The Bertz CT molecular complexity index is 1370. The number of hydrogen-bond donors (Lipinski definition) is 4. The van der Waals surface area contributed by atoms with Crippen molar-refractivity contribution in [3.8, 4) is 10.0 Å². The Morgan fingerprint density at radius 1 is 0.625 bits per heavy atom. The molecule has 4 aromatic heterocycles. The second-order valence-electron chi connectivity index (χ2n) is 7.97. The zero-order valence-electron chi connectivity index (χ0n) is 21.2. The predicted molar refractivity (Wildman–Crippen MR) is 137 cm³/mol. The number of pyridine rings is 2. The Hall–Kier alpha value is -3.98. The summed E-state index contributed by atoms with van der Waals surface area (Å²) in [6.45, 7) is 3.43. The van der Waals surface area contributed by atoms with Gasteiger partial charge in [-0.15, -0.1) is 22.7 Å². The van der Waals surface area contributed by atoms with Crippen molar-refractivity contribution in [3.05, 3.63) is 82.3 Å². The highest BCUT2D eigenvalue weighted by Gasteiger charge is 2.22. The van der Waals surface area contributed by atoms with E-state index in [2.05, 4.69) is 31.7 Å². The molecule has 210 valence electrons. The van der Waals surface area contributed by atoms with Crippen molar-refractivity contribution >= 4 is 46.3 Å². The maximum atomic E-state index is 12.6. The van der Waals surface area contributed by atoms with E-state index in [1.54, 1.807) is 72.0 Å². The number of carbonyl (C=O) groups is 4. The fraction of sp³-hybridized carbons (Fsp3) is 0.167. The maximum Gasteiger partial charge on any atom is 0.304 e. The van der Waals surface area contributed by atoms with E-state index in [9.17, 15) is 19.2 Å². The van der Waals surface area contributed by atoms with E-state index in [-0.39, 0.29) is 37.9 Å². The lowest BCUT2D eigenvalue weighted by molar-refractivity contribution is -0.684. The number of amides is 4. The monoisotopic (exact) mass is 622 g/mol.